The Bertz CT molecular complexity index is 803. The monoisotopic (exact) mass is 411 g/mol. The van der Waals surface area contributed by atoms with Crippen molar-refractivity contribution >= 4 is 12.1 Å². The number of hydrogen-bond acceptors (Lipinski definition) is 4. The van der Waals surface area contributed by atoms with Crippen LogP contribution in [-0.2, 0) is 20.9 Å². The van der Waals surface area contributed by atoms with E-state index in [1.165, 1.54) is 0 Å². The number of benzene rings is 2. The van der Waals surface area contributed by atoms with Crippen molar-refractivity contribution < 1.29 is 24.2 Å². The number of carbonyl (C=O) groups excluding carboxylic acids is 1. The summed E-state index contributed by atoms with van der Waals surface area (Å²) in [6.45, 7) is 3.44. The number of carboxylic acid groups (broad SMARTS) is 1. The van der Waals surface area contributed by atoms with Crippen LogP contribution in [0.25, 0.3) is 0 Å². The van der Waals surface area contributed by atoms with Crippen molar-refractivity contribution in [1.29, 1.82) is 0 Å². The van der Waals surface area contributed by atoms with E-state index in [2.05, 4.69) is 0 Å². The zero-order valence-corrected chi connectivity index (χ0v) is 17.3. The molecule has 1 N–H and O–H groups in total. The highest BCUT2D eigenvalue weighted by Crippen LogP contribution is 2.30. The highest BCUT2D eigenvalue weighted by molar-refractivity contribution is 5.74. The van der Waals surface area contributed by atoms with Gasteiger partial charge in [0.1, 0.15) is 6.61 Å². The summed E-state index contributed by atoms with van der Waals surface area (Å²) < 4.78 is 11.5. The normalized spacial score (nSPS) is 16.6. The van der Waals surface area contributed by atoms with Gasteiger partial charge in [0.2, 0.25) is 0 Å². The van der Waals surface area contributed by atoms with Crippen LogP contribution in [0.1, 0.15) is 43.4 Å². The standard InChI is InChI=1S/C24H29NO5/c1-2-21(30-22(23(26)27)20-11-7-4-8-12-20)19-13-15-25(16-14-19)24(28)29-17-18-9-5-3-6-10-18/h3-12,19,21-22H,2,13-17H2,1H3,(H,26,27). The summed E-state index contributed by atoms with van der Waals surface area (Å²) >= 11 is 0. The topological polar surface area (TPSA) is 76.1 Å². The van der Waals surface area contributed by atoms with E-state index in [1.807, 2.05) is 55.5 Å². The minimum Gasteiger partial charge on any atom is -0.479 e. The lowest BCUT2D eigenvalue weighted by atomic mass is 9.89. The second-order valence-corrected chi connectivity index (χ2v) is 7.58. The van der Waals surface area contributed by atoms with Crippen LogP contribution in [0.3, 0.4) is 0 Å². The van der Waals surface area contributed by atoms with Crippen molar-refractivity contribution in [2.75, 3.05) is 13.1 Å². The maximum atomic E-state index is 12.4. The van der Waals surface area contributed by atoms with E-state index in [1.54, 1.807) is 17.0 Å². The van der Waals surface area contributed by atoms with Gasteiger partial charge < -0.3 is 19.5 Å². The smallest absolute Gasteiger partial charge is 0.410 e. The van der Waals surface area contributed by atoms with Crippen molar-refractivity contribution in [2.24, 2.45) is 5.92 Å². The predicted octanol–water partition coefficient (Wildman–Crippen LogP) is 4.66. The number of piperidine rings is 1. The lowest BCUT2D eigenvalue weighted by molar-refractivity contribution is -0.158. The minimum atomic E-state index is -0.985. The molecule has 2 aromatic rings. The number of hydrogen-bond donors (Lipinski definition) is 1. The number of carbonyl (C=O) groups is 2. The largest absolute Gasteiger partial charge is 0.479 e. The fourth-order valence-electron chi connectivity index (χ4n) is 3.89. The molecule has 0 aromatic heterocycles. The molecule has 0 spiro atoms. The average Bonchev–Trinajstić information content (AvgIpc) is 2.79. The first-order valence-electron chi connectivity index (χ1n) is 10.5. The van der Waals surface area contributed by atoms with Crippen LogP contribution >= 0.6 is 0 Å². The summed E-state index contributed by atoms with van der Waals surface area (Å²) in [5.41, 5.74) is 1.60. The Labute approximate surface area is 177 Å². The maximum absolute atomic E-state index is 12.4. The fourth-order valence-corrected chi connectivity index (χ4v) is 3.89. The highest BCUT2D eigenvalue weighted by Gasteiger charge is 2.32. The Morgan fingerprint density at radius 2 is 1.63 bits per heavy atom. The van der Waals surface area contributed by atoms with Gasteiger partial charge in [0.15, 0.2) is 6.10 Å². The van der Waals surface area contributed by atoms with Gasteiger partial charge in [0.25, 0.3) is 0 Å². The summed E-state index contributed by atoms with van der Waals surface area (Å²) in [6, 6.07) is 18.6. The van der Waals surface area contributed by atoms with E-state index in [4.69, 9.17) is 9.47 Å². The lowest BCUT2D eigenvalue weighted by Gasteiger charge is -2.36. The highest BCUT2D eigenvalue weighted by atomic mass is 16.6. The van der Waals surface area contributed by atoms with E-state index in [0.29, 0.717) is 18.7 Å². The molecule has 1 fully saturated rings. The number of likely N-dealkylation sites (tertiary alicyclic amines) is 1. The molecule has 0 bridgehead atoms. The molecule has 0 radical (unpaired) electrons. The van der Waals surface area contributed by atoms with Gasteiger partial charge in [-0.25, -0.2) is 9.59 Å². The Kier molecular flexibility index (Phi) is 7.85. The van der Waals surface area contributed by atoms with Crippen LogP contribution in [0, 0.1) is 5.92 Å². The molecule has 0 aliphatic carbocycles. The molecule has 1 heterocycles. The molecule has 1 aliphatic rings. The molecule has 6 nitrogen and oxygen atoms in total. The molecule has 2 aromatic carbocycles. The van der Waals surface area contributed by atoms with Gasteiger partial charge >= 0.3 is 12.1 Å². The Morgan fingerprint density at radius 3 is 2.20 bits per heavy atom. The average molecular weight is 411 g/mol. The van der Waals surface area contributed by atoms with Gasteiger partial charge in [-0.3, -0.25) is 0 Å². The molecule has 3 rings (SSSR count). The lowest BCUT2D eigenvalue weighted by Crippen LogP contribution is -2.42. The van der Waals surface area contributed by atoms with Gasteiger partial charge in [0.05, 0.1) is 6.10 Å². The van der Waals surface area contributed by atoms with Crippen LogP contribution in [-0.4, -0.2) is 41.3 Å². The van der Waals surface area contributed by atoms with Crippen LogP contribution in [0.2, 0.25) is 0 Å². The summed E-state index contributed by atoms with van der Waals surface area (Å²) in [6.07, 6.45) is 0.789. The SMILES string of the molecule is CCC(OC(C(=O)O)c1ccccc1)C1CCN(C(=O)OCc2ccccc2)CC1. The van der Waals surface area contributed by atoms with Crippen LogP contribution in [0.5, 0.6) is 0 Å². The fraction of sp³-hybridized carbons (Fsp3) is 0.417. The third-order valence-electron chi connectivity index (χ3n) is 5.57. The second-order valence-electron chi connectivity index (χ2n) is 7.58. The predicted molar refractivity (Wildman–Crippen MR) is 113 cm³/mol. The quantitative estimate of drug-likeness (QED) is 0.684. The van der Waals surface area contributed by atoms with Crippen LogP contribution in [0.15, 0.2) is 60.7 Å². The van der Waals surface area contributed by atoms with E-state index in [9.17, 15) is 14.7 Å². The van der Waals surface area contributed by atoms with Gasteiger partial charge in [-0.2, -0.15) is 0 Å². The van der Waals surface area contributed by atoms with Gasteiger partial charge in [-0.05, 0) is 36.3 Å². The zero-order chi connectivity index (χ0) is 21.3. The number of rotatable bonds is 8. The van der Waals surface area contributed by atoms with Crippen molar-refractivity contribution in [2.45, 2.75) is 45.0 Å². The molecule has 2 unspecified atom stereocenters. The summed E-state index contributed by atoms with van der Waals surface area (Å²) in [5, 5.41) is 9.64. The Balaban J connectivity index is 1.52. The van der Waals surface area contributed by atoms with Gasteiger partial charge in [-0.1, -0.05) is 67.6 Å². The number of aliphatic carboxylic acids is 1. The molecule has 6 heteroatoms. The van der Waals surface area contributed by atoms with Crippen molar-refractivity contribution in [3.8, 4) is 0 Å². The minimum absolute atomic E-state index is 0.172. The molecule has 0 saturated carbocycles. The molecule has 1 aliphatic heterocycles. The van der Waals surface area contributed by atoms with E-state index in [0.717, 1.165) is 24.8 Å². The second kappa shape index (κ2) is 10.8. The number of carboxylic acids is 1. The third-order valence-corrected chi connectivity index (χ3v) is 5.57. The van der Waals surface area contributed by atoms with Gasteiger partial charge in [0, 0.05) is 13.1 Å². The van der Waals surface area contributed by atoms with Gasteiger partial charge in [-0.15, -0.1) is 0 Å². The van der Waals surface area contributed by atoms with Crippen LogP contribution in [0.4, 0.5) is 4.79 Å². The first-order chi connectivity index (χ1) is 14.6. The Hall–Kier alpha value is -2.86. The first-order valence-corrected chi connectivity index (χ1v) is 10.5. The number of nitrogens with zero attached hydrogens (tertiary/aromatic N) is 1. The van der Waals surface area contributed by atoms with E-state index in [-0.39, 0.29) is 24.7 Å². The molecule has 1 amide bonds. The maximum Gasteiger partial charge on any atom is 0.410 e. The number of amides is 1. The molecule has 160 valence electrons. The molecule has 2 atom stereocenters. The molecular weight excluding hydrogens is 382 g/mol. The van der Waals surface area contributed by atoms with Crippen molar-refractivity contribution in [1.82, 2.24) is 4.90 Å². The van der Waals surface area contributed by atoms with Crippen molar-refractivity contribution in [3.05, 3.63) is 71.8 Å². The zero-order valence-electron chi connectivity index (χ0n) is 17.3. The summed E-state index contributed by atoms with van der Waals surface area (Å²) in [7, 11) is 0. The van der Waals surface area contributed by atoms with Crippen LogP contribution < -0.4 is 0 Å². The molecular formula is C24H29NO5. The molecule has 30 heavy (non-hydrogen) atoms. The molecule has 1 saturated heterocycles. The van der Waals surface area contributed by atoms with Crippen molar-refractivity contribution in [3.63, 3.8) is 0 Å². The summed E-state index contributed by atoms with van der Waals surface area (Å²) in [5.74, 6) is -0.777. The van der Waals surface area contributed by atoms with E-state index < -0.39 is 12.1 Å². The summed E-state index contributed by atoms with van der Waals surface area (Å²) in [4.78, 5) is 25.9. The van der Waals surface area contributed by atoms with E-state index >= 15 is 0 Å². The first kappa shape index (κ1) is 21.8. The number of ether oxygens (including phenoxy) is 2. The Morgan fingerprint density at radius 1 is 1.03 bits per heavy atom. The third kappa shape index (κ3) is 5.83.